The van der Waals surface area contributed by atoms with Gasteiger partial charge in [-0.3, -0.25) is 0 Å². The first kappa shape index (κ1) is 34.4. The Morgan fingerprint density at radius 3 is 2.33 bits per heavy atom. The number of hydrogen-bond donors (Lipinski definition) is 2. The van der Waals surface area contributed by atoms with E-state index in [4.69, 9.17) is 0 Å². The summed E-state index contributed by atoms with van der Waals surface area (Å²) in [5, 5.41) is 21.1. The number of nitrogens with zero attached hydrogens (tertiary/aromatic N) is 1. The summed E-state index contributed by atoms with van der Waals surface area (Å²) in [7, 11) is 2.05. The highest BCUT2D eigenvalue weighted by Crippen LogP contribution is 2.64. The van der Waals surface area contributed by atoms with Crippen LogP contribution in [-0.2, 0) is 6.42 Å². The van der Waals surface area contributed by atoms with Crippen LogP contribution in [0.4, 0.5) is 26.3 Å². The average molecular weight is 620 g/mol. The first-order valence-electron chi connectivity index (χ1n) is 16.4. The normalized spacial score (nSPS) is 31.5. The van der Waals surface area contributed by atoms with Gasteiger partial charge in [0, 0.05) is 12.3 Å². The molecule has 1 aromatic rings. The molecule has 0 aliphatic heterocycles. The van der Waals surface area contributed by atoms with E-state index in [-0.39, 0.29) is 29.4 Å². The number of alkyl halides is 6. The van der Waals surface area contributed by atoms with Gasteiger partial charge in [-0.1, -0.05) is 52.0 Å². The third kappa shape index (κ3) is 7.67. The van der Waals surface area contributed by atoms with Crippen LogP contribution in [0.3, 0.4) is 0 Å². The number of aliphatic hydroxyl groups is 1. The summed E-state index contributed by atoms with van der Waals surface area (Å²) in [4.78, 5) is 2.25. The number of aromatic hydroxyl groups is 1. The predicted molar refractivity (Wildman–Crippen MR) is 157 cm³/mol. The maximum absolute atomic E-state index is 16.0. The summed E-state index contributed by atoms with van der Waals surface area (Å²) in [6, 6.07) is 5.42. The smallest absolute Gasteiger partial charge is 0.453 e. The minimum absolute atomic E-state index is 0.123. The topological polar surface area (TPSA) is 43.7 Å². The number of phenols is 1. The first-order valence-corrected chi connectivity index (χ1v) is 16.4. The van der Waals surface area contributed by atoms with Crippen LogP contribution in [0.5, 0.6) is 5.75 Å². The lowest BCUT2D eigenvalue weighted by Gasteiger charge is -2.55. The predicted octanol–water partition coefficient (Wildman–Crippen LogP) is 9.06. The van der Waals surface area contributed by atoms with Crippen LogP contribution < -0.4 is 0 Å². The monoisotopic (exact) mass is 619 g/mol. The van der Waals surface area contributed by atoms with E-state index in [1.165, 1.54) is 0 Å². The van der Waals surface area contributed by atoms with Crippen LogP contribution in [-0.4, -0.2) is 59.6 Å². The third-order valence-electron chi connectivity index (χ3n) is 11.3. The van der Waals surface area contributed by atoms with Crippen LogP contribution in [0.25, 0.3) is 0 Å². The van der Waals surface area contributed by atoms with Crippen molar-refractivity contribution < 1.29 is 36.6 Å². The van der Waals surface area contributed by atoms with E-state index in [0.29, 0.717) is 37.0 Å². The quantitative estimate of drug-likeness (QED) is 0.161. The number of benzene rings is 1. The van der Waals surface area contributed by atoms with E-state index in [1.54, 1.807) is 6.07 Å². The molecule has 4 rings (SSSR count). The standard InChI is InChI=1S/C34H51F6NO2/c1-22(11-7-10-18-41(3)17-9-6-4-5-8-16-33(36,37)34(38,39)40)26-20-23-19-24(42)12-13-25(23)31-28(35)21-32(2)27(30(26)31)14-15-29(32)43/h12-13,19,22,26-31,42-43H,4-11,14-18,20-21H2,1-3H3/t22?,26-,27+,28+,29+,30+,31+,32+/m1/s1. The summed E-state index contributed by atoms with van der Waals surface area (Å²) in [6.07, 6.45) is 0.535. The number of halogens is 6. The van der Waals surface area contributed by atoms with Gasteiger partial charge in [0.05, 0.1) is 6.10 Å². The SMILES string of the molecule is CC(CCCCN(C)CCCCCCCC(F)(F)C(F)(F)F)[C@H]1Cc2cc(O)ccc2[C@@H]2[C@@H]1[C@@H]1CC[C@H](O)[C@@]1(C)C[C@@H]2F. The molecule has 0 radical (unpaired) electrons. The van der Waals surface area contributed by atoms with Crippen molar-refractivity contribution in [3.63, 3.8) is 0 Å². The lowest BCUT2D eigenvalue weighted by Crippen LogP contribution is -2.52. The highest BCUT2D eigenvalue weighted by molar-refractivity contribution is 5.41. The Kier molecular flexibility index (Phi) is 11.1. The van der Waals surface area contributed by atoms with Gasteiger partial charge < -0.3 is 15.1 Å². The average Bonchev–Trinajstić information content (AvgIpc) is 3.22. The molecule has 9 heteroatoms. The second kappa shape index (κ2) is 13.9. The largest absolute Gasteiger partial charge is 0.508 e. The molecule has 2 saturated carbocycles. The van der Waals surface area contributed by atoms with E-state index < -0.39 is 30.8 Å². The molecule has 43 heavy (non-hydrogen) atoms. The van der Waals surface area contributed by atoms with Gasteiger partial charge in [-0.15, -0.1) is 0 Å². The van der Waals surface area contributed by atoms with Gasteiger partial charge in [-0.2, -0.15) is 22.0 Å². The first-order chi connectivity index (χ1) is 20.2. The van der Waals surface area contributed by atoms with Gasteiger partial charge in [0.15, 0.2) is 0 Å². The minimum Gasteiger partial charge on any atom is -0.508 e. The van der Waals surface area contributed by atoms with E-state index in [1.807, 2.05) is 12.1 Å². The lowest BCUT2D eigenvalue weighted by molar-refractivity contribution is -0.284. The van der Waals surface area contributed by atoms with E-state index in [9.17, 15) is 32.2 Å². The molecule has 0 saturated heterocycles. The molecule has 1 unspecified atom stereocenters. The number of unbranched alkanes of at least 4 members (excludes halogenated alkanes) is 5. The number of aliphatic hydroxyl groups excluding tert-OH is 1. The molecule has 0 heterocycles. The fraction of sp³-hybridized carbons (Fsp3) is 0.824. The molecule has 0 aromatic heterocycles. The summed E-state index contributed by atoms with van der Waals surface area (Å²) in [6.45, 7) is 6.17. The van der Waals surface area contributed by atoms with Crippen LogP contribution in [0, 0.1) is 29.1 Å². The summed E-state index contributed by atoms with van der Waals surface area (Å²) in [5.41, 5.74) is 1.73. The number of hydrogen-bond acceptors (Lipinski definition) is 3. The summed E-state index contributed by atoms with van der Waals surface area (Å²) < 4.78 is 78.8. The Morgan fingerprint density at radius 1 is 0.977 bits per heavy atom. The molecule has 2 N–H and O–H groups in total. The van der Waals surface area contributed by atoms with Crippen LogP contribution in [0.1, 0.15) is 108 Å². The van der Waals surface area contributed by atoms with Crippen molar-refractivity contribution >= 4 is 0 Å². The molecule has 8 atom stereocenters. The zero-order chi connectivity index (χ0) is 31.6. The van der Waals surface area contributed by atoms with Gasteiger partial charge in [0.25, 0.3) is 0 Å². The number of phenolic OH excluding ortho intramolecular Hbond substituents is 1. The van der Waals surface area contributed by atoms with Crippen molar-refractivity contribution in [1.82, 2.24) is 4.90 Å². The molecule has 0 amide bonds. The summed E-state index contributed by atoms with van der Waals surface area (Å²) in [5.74, 6) is -3.41. The molecule has 3 aliphatic rings. The van der Waals surface area contributed by atoms with Crippen molar-refractivity contribution in [3.8, 4) is 5.75 Å². The number of fused-ring (bicyclic) bond motifs is 5. The van der Waals surface area contributed by atoms with E-state index >= 15 is 4.39 Å². The Morgan fingerprint density at radius 2 is 1.63 bits per heavy atom. The third-order valence-corrected chi connectivity index (χ3v) is 11.3. The molecule has 1 aromatic carbocycles. The highest BCUT2D eigenvalue weighted by atomic mass is 19.4. The zero-order valence-corrected chi connectivity index (χ0v) is 26.0. The molecular formula is C34H51F6NO2. The fourth-order valence-electron chi connectivity index (χ4n) is 8.81. The van der Waals surface area contributed by atoms with Crippen molar-refractivity contribution in [2.75, 3.05) is 20.1 Å². The molecule has 3 aliphatic carbocycles. The van der Waals surface area contributed by atoms with Crippen LogP contribution in [0.2, 0.25) is 0 Å². The van der Waals surface area contributed by atoms with E-state index in [0.717, 1.165) is 75.6 Å². The molecule has 0 spiro atoms. The summed E-state index contributed by atoms with van der Waals surface area (Å²) >= 11 is 0. The van der Waals surface area contributed by atoms with Gasteiger partial charge in [0.1, 0.15) is 11.9 Å². The number of rotatable bonds is 14. The lowest BCUT2D eigenvalue weighted by atomic mass is 9.50. The Balaban J connectivity index is 1.23. The Hall–Kier alpha value is -1.48. The Labute approximate surface area is 253 Å². The molecule has 2 fully saturated rings. The molecule has 246 valence electrons. The Bertz CT molecular complexity index is 1050. The van der Waals surface area contributed by atoms with Crippen molar-refractivity contribution in [3.05, 3.63) is 29.3 Å². The fourth-order valence-corrected chi connectivity index (χ4v) is 8.81. The van der Waals surface area contributed by atoms with Crippen molar-refractivity contribution in [1.29, 1.82) is 0 Å². The van der Waals surface area contributed by atoms with Crippen LogP contribution >= 0.6 is 0 Å². The van der Waals surface area contributed by atoms with Crippen molar-refractivity contribution in [2.24, 2.45) is 29.1 Å². The van der Waals surface area contributed by atoms with Gasteiger partial charge in [0.2, 0.25) is 0 Å². The minimum atomic E-state index is -5.46. The van der Waals surface area contributed by atoms with Gasteiger partial charge in [-0.05, 0) is 117 Å². The molecule has 3 nitrogen and oxygen atoms in total. The molecule has 0 bridgehead atoms. The second-order valence-corrected chi connectivity index (χ2v) is 14.3. The zero-order valence-electron chi connectivity index (χ0n) is 26.0. The van der Waals surface area contributed by atoms with E-state index in [2.05, 4.69) is 25.8 Å². The maximum Gasteiger partial charge on any atom is 0.453 e. The van der Waals surface area contributed by atoms with Gasteiger partial charge in [-0.25, -0.2) is 4.39 Å². The molecular weight excluding hydrogens is 568 g/mol. The van der Waals surface area contributed by atoms with Crippen LogP contribution in [0.15, 0.2) is 18.2 Å². The van der Waals surface area contributed by atoms with Gasteiger partial charge >= 0.3 is 12.1 Å². The highest BCUT2D eigenvalue weighted by Gasteiger charge is 2.60. The van der Waals surface area contributed by atoms with Crippen molar-refractivity contribution in [2.45, 2.75) is 128 Å². The maximum atomic E-state index is 16.0. The second-order valence-electron chi connectivity index (χ2n) is 14.3.